The maximum atomic E-state index is 11.3. The van der Waals surface area contributed by atoms with Gasteiger partial charge in [-0.15, -0.1) is 11.6 Å². The third kappa shape index (κ3) is 10.7. The molecule has 0 aromatic heterocycles. The van der Waals surface area contributed by atoms with Crippen LogP contribution in [0.4, 0.5) is 0 Å². The summed E-state index contributed by atoms with van der Waals surface area (Å²) in [5.41, 5.74) is 0.352. The van der Waals surface area contributed by atoms with Crippen molar-refractivity contribution in [3.8, 4) is 0 Å². The topological polar surface area (TPSA) is 101 Å². The summed E-state index contributed by atoms with van der Waals surface area (Å²) in [4.78, 5) is 21.8. The Morgan fingerprint density at radius 2 is 1.74 bits per heavy atom. The molecule has 0 amide bonds. The molecule has 0 rings (SSSR count). The minimum atomic E-state index is -1.06. The Kier molecular flexibility index (Phi) is 13.0. The first kappa shape index (κ1) is 20.4. The van der Waals surface area contributed by atoms with Crippen LogP contribution in [0.25, 0.3) is 0 Å². The van der Waals surface area contributed by atoms with Crippen LogP contribution in [0.1, 0.15) is 13.8 Å². The van der Waals surface area contributed by atoms with E-state index in [1.54, 1.807) is 0 Å². The molecule has 0 fully saturated rings. The summed E-state index contributed by atoms with van der Waals surface area (Å²) in [5.74, 6) is -1.70. The van der Waals surface area contributed by atoms with Crippen molar-refractivity contribution in [2.45, 2.75) is 20.0 Å². The molecule has 0 aliphatic heterocycles. The van der Waals surface area contributed by atoms with Crippen molar-refractivity contribution in [3.05, 3.63) is 23.3 Å². The minimum absolute atomic E-state index is 0.0198. The standard InChI is InChI=1S/C11H15ClO5.O.Zn/c1-7(10(14)15)3-4-8(2)11(16)17-6-9(13)5-12;;/h3-4,9,13H,5-6H2,1-2H3,(H,14,15);;. The molecule has 0 aliphatic rings. The summed E-state index contributed by atoms with van der Waals surface area (Å²) in [7, 11) is 0. The molecule has 104 valence electrons. The van der Waals surface area contributed by atoms with E-state index in [-0.39, 0.29) is 41.9 Å². The van der Waals surface area contributed by atoms with Crippen LogP contribution in [-0.4, -0.2) is 40.7 Å². The summed E-state index contributed by atoms with van der Waals surface area (Å²) in [6, 6.07) is 0. The third-order valence-electron chi connectivity index (χ3n) is 1.83. The van der Waals surface area contributed by atoms with Gasteiger partial charge in [-0.2, -0.15) is 0 Å². The van der Waals surface area contributed by atoms with Crippen LogP contribution in [0.5, 0.6) is 0 Å². The van der Waals surface area contributed by atoms with Gasteiger partial charge in [0, 0.05) is 11.1 Å². The average molecular weight is 344 g/mol. The molecule has 0 aliphatic carbocycles. The Morgan fingerprint density at radius 1 is 1.26 bits per heavy atom. The fourth-order valence-corrected chi connectivity index (χ4v) is 0.809. The van der Waals surface area contributed by atoms with E-state index >= 15 is 0 Å². The van der Waals surface area contributed by atoms with E-state index in [1.807, 2.05) is 0 Å². The molecule has 1 unspecified atom stereocenters. The van der Waals surface area contributed by atoms with Crippen LogP contribution in [0, 0.1) is 0 Å². The Labute approximate surface area is 126 Å². The summed E-state index contributed by atoms with van der Waals surface area (Å²) in [6.45, 7) is 2.71. The number of esters is 1. The predicted molar refractivity (Wildman–Crippen MR) is 63.5 cm³/mol. The zero-order valence-electron chi connectivity index (χ0n) is 10.8. The van der Waals surface area contributed by atoms with Crippen molar-refractivity contribution in [1.82, 2.24) is 0 Å². The van der Waals surface area contributed by atoms with Crippen molar-refractivity contribution in [2.75, 3.05) is 12.5 Å². The molecule has 2 N–H and O–H groups in total. The van der Waals surface area contributed by atoms with E-state index < -0.39 is 18.0 Å². The van der Waals surface area contributed by atoms with Gasteiger partial charge >= 0.3 is 33.8 Å². The number of alkyl halides is 1. The Morgan fingerprint density at radius 3 is 2.16 bits per heavy atom. The number of hydrogen-bond acceptors (Lipinski definition) is 5. The van der Waals surface area contributed by atoms with Gasteiger partial charge in [0.05, 0.1) is 5.88 Å². The SMILES string of the molecule is CC(=CC=C(C)C(=O)OCC(O)CCl)C(=O)O.[O]=[Zn]. The van der Waals surface area contributed by atoms with E-state index in [1.165, 1.54) is 26.0 Å². The van der Waals surface area contributed by atoms with Gasteiger partial charge in [-0.1, -0.05) is 12.2 Å². The molecule has 0 saturated carbocycles. The number of hydrogen-bond donors (Lipinski definition) is 2. The Bertz CT molecular complexity index is 366. The van der Waals surface area contributed by atoms with Crippen LogP contribution in [0.2, 0.25) is 0 Å². The second-order valence-corrected chi connectivity index (χ2v) is 3.72. The predicted octanol–water partition coefficient (Wildman–Crippen LogP) is 0.985. The van der Waals surface area contributed by atoms with Crippen LogP contribution in [0.3, 0.4) is 0 Å². The Hall–Kier alpha value is -0.907. The third-order valence-corrected chi connectivity index (χ3v) is 2.18. The maximum absolute atomic E-state index is 11.3. The number of carbonyl (C=O) groups is 2. The van der Waals surface area contributed by atoms with E-state index in [4.69, 9.17) is 30.1 Å². The molecule has 8 heteroatoms. The van der Waals surface area contributed by atoms with Crippen molar-refractivity contribution in [1.29, 1.82) is 0 Å². The molecule has 1 atom stereocenters. The van der Waals surface area contributed by atoms with Gasteiger partial charge in [0.25, 0.3) is 0 Å². The Balaban J connectivity index is 0. The van der Waals surface area contributed by atoms with E-state index in [0.29, 0.717) is 0 Å². The second kappa shape index (κ2) is 12.1. The van der Waals surface area contributed by atoms with E-state index in [0.717, 1.165) is 0 Å². The van der Waals surface area contributed by atoms with Gasteiger partial charge in [0.1, 0.15) is 12.7 Å². The van der Waals surface area contributed by atoms with Crippen molar-refractivity contribution >= 4 is 23.5 Å². The summed E-state index contributed by atoms with van der Waals surface area (Å²) in [5, 5.41) is 17.6. The van der Waals surface area contributed by atoms with Gasteiger partial charge < -0.3 is 14.9 Å². The number of aliphatic carboxylic acids is 1. The summed E-state index contributed by atoms with van der Waals surface area (Å²) < 4.78 is 13.1. The zero-order chi connectivity index (χ0) is 15.4. The number of carboxylic acid groups (broad SMARTS) is 1. The number of carbonyl (C=O) groups excluding carboxylic acids is 1. The van der Waals surface area contributed by atoms with Crippen LogP contribution >= 0.6 is 11.6 Å². The first-order valence-corrected chi connectivity index (χ1v) is 6.91. The molecule has 0 aromatic carbocycles. The molecular weight excluding hydrogens is 329 g/mol. The molecule has 0 heterocycles. The summed E-state index contributed by atoms with van der Waals surface area (Å²) >= 11 is 5.45. The van der Waals surface area contributed by atoms with Crippen molar-refractivity contribution < 1.29 is 46.4 Å². The second-order valence-electron chi connectivity index (χ2n) is 3.41. The number of halogens is 1. The van der Waals surface area contributed by atoms with Gasteiger partial charge in [0.2, 0.25) is 0 Å². The molecule has 6 nitrogen and oxygen atoms in total. The molecular formula is C11H15ClO6Zn. The quantitative estimate of drug-likeness (QED) is 0.245. The fourth-order valence-electron chi connectivity index (χ4n) is 0.720. The number of ether oxygens (including phenoxy) is 1. The van der Waals surface area contributed by atoms with Gasteiger partial charge in [-0.3, -0.25) is 0 Å². The first-order chi connectivity index (χ1) is 8.88. The van der Waals surface area contributed by atoms with Crippen LogP contribution < -0.4 is 0 Å². The molecule has 19 heavy (non-hydrogen) atoms. The van der Waals surface area contributed by atoms with Gasteiger partial charge in [0.15, 0.2) is 0 Å². The molecule has 0 aromatic rings. The molecule has 0 spiro atoms. The number of carboxylic acids is 1. The number of aliphatic hydroxyl groups is 1. The van der Waals surface area contributed by atoms with Crippen LogP contribution in [0.15, 0.2) is 23.3 Å². The van der Waals surface area contributed by atoms with Gasteiger partial charge in [-0.25, -0.2) is 9.59 Å². The van der Waals surface area contributed by atoms with Crippen molar-refractivity contribution in [2.24, 2.45) is 0 Å². The first-order valence-electron chi connectivity index (χ1n) is 5.17. The monoisotopic (exact) mass is 342 g/mol. The van der Waals surface area contributed by atoms with Crippen LogP contribution in [-0.2, 0) is 36.2 Å². The normalized spacial score (nSPS) is 13.2. The number of aliphatic hydroxyl groups excluding tert-OH is 1. The van der Waals surface area contributed by atoms with E-state index in [9.17, 15) is 9.59 Å². The van der Waals surface area contributed by atoms with Gasteiger partial charge in [-0.05, 0) is 13.8 Å². The number of allylic oxidation sites excluding steroid dienone is 2. The molecule has 0 bridgehead atoms. The molecule has 0 radical (unpaired) electrons. The van der Waals surface area contributed by atoms with Crippen molar-refractivity contribution in [3.63, 3.8) is 0 Å². The molecule has 0 saturated heterocycles. The summed E-state index contributed by atoms with van der Waals surface area (Å²) in [6.07, 6.45) is 1.75. The zero-order valence-corrected chi connectivity index (χ0v) is 14.5. The van der Waals surface area contributed by atoms with E-state index in [2.05, 4.69) is 0 Å². The fraction of sp³-hybridized carbons (Fsp3) is 0.455. The average Bonchev–Trinajstić information content (AvgIpc) is 2.42. The number of rotatable bonds is 6.